The van der Waals surface area contributed by atoms with Crippen molar-refractivity contribution in [2.75, 3.05) is 12.4 Å². The Morgan fingerprint density at radius 1 is 1.19 bits per heavy atom. The highest BCUT2D eigenvalue weighted by molar-refractivity contribution is 7.80. The Kier molecular flexibility index (Phi) is 5.27. The first kappa shape index (κ1) is 15.4. The quantitative estimate of drug-likeness (QED) is 0.663. The van der Waals surface area contributed by atoms with Crippen LogP contribution in [0.25, 0.3) is 0 Å². The summed E-state index contributed by atoms with van der Waals surface area (Å²) in [4.78, 5) is 23.2. The van der Waals surface area contributed by atoms with Gasteiger partial charge in [-0.15, -0.1) is 0 Å². The van der Waals surface area contributed by atoms with Crippen molar-refractivity contribution in [2.24, 2.45) is 5.92 Å². The molecule has 2 rings (SSSR count). The van der Waals surface area contributed by atoms with Gasteiger partial charge in [0.25, 0.3) is 0 Å². The van der Waals surface area contributed by atoms with Crippen LogP contribution >= 0.6 is 12.2 Å². The molecule has 1 aliphatic carbocycles. The monoisotopic (exact) mass is 306 g/mol. The van der Waals surface area contributed by atoms with E-state index in [1.807, 2.05) is 0 Å². The fourth-order valence-electron chi connectivity index (χ4n) is 2.37. The Bertz CT molecular complexity index is 536. The van der Waals surface area contributed by atoms with E-state index in [2.05, 4.69) is 15.4 Å². The zero-order valence-corrected chi connectivity index (χ0v) is 12.7. The molecule has 1 aromatic rings. The predicted molar refractivity (Wildman–Crippen MR) is 84.1 cm³/mol. The molecular formula is C15H18N2O3S. The summed E-state index contributed by atoms with van der Waals surface area (Å²) >= 11 is 5.12. The molecule has 112 valence electrons. The van der Waals surface area contributed by atoms with Gasteiger partial charge < -0.3 is 15.4 Å². The first-order chi connectivity index (χ1) is 10.1. The highest BCUT2D eigenvalue weighted by Gasteiger charge is 2.23. The van der Waals surface area contributed by atoms with Crippen molar-refractivity contribution in [2.45, 2.75) is 25.7 Å². The van der Waals surface area contributed by atoms with E-state index in [1.54, 1.807) is 24.3 Å². The van der Waals surface area contributed by atoms with Crippen molar-refractivity contribution >= 4 is 34.9 Å². The van der Waals surface area contributed by atoms with Gasteiger partial charge in [-0.2, -0.15) is 0 Å². The zero-order valence-electron chi connectivity index (χ0n) is 11.8. The molecule has 0 unspecified atom stereocenters. The van der Waals surface area contributed by atoms with E-state index in [0.29, 0.717) is 11.3 Å². The largest absolute Gasteiger partial charge is 0.465 e. The molecule has 0 aliphatic heterocycles. The number of esters is 1. The molecule has 0 atom stereocenters. The molecule has 2 N–H and O–H groups in total. The van der Waals surface area contributed by atoms with Crippen LogP contribution in [0.2, 0.25) is 0 Å². The molecule has 1 fully saturated rings. The van der Waals surface area contributed by atoms with Gasteiger partial charge in [-0.1, -0.05) is 12.8 Å². The van der Waals surface area contributed by atoms with E-state index in [-0.39, 0.29) is 16.9 Å². The summed E-state index contributed by atoms with van der Waals surface area (Å²) in [5.41, 5.74) is 1.17. The third-order valence-corrected chi connectivity index (χ3v) is 3.73. The summed E-state index contributed by atoms with van der Waals surface area (Å²) in [5, 5.41) is 5.91. The summed E-state index contributed by atoms with van der Waals surface area (Å²) in [6.07, 6.45) is 4.07. The molecule has 0 spiro atoms. The number of ether oxygens (including phenoxy) is 1. The third-order valence-electron chi connectivity index (χ3n) is 3.53. The van der Waals surface area contributed by atoms with Crippen LogP contribution in [0.3, 0.4) is 0 Å². The molecule has 0 aromatic heterocycles. The molecule has 21 heavy (non-hydrogen) atoms. The molecule has 1 amide bonds. The SMILES string of the molecule is COC(=O)c1ccc(NC(=S)NC(=O)C2CCCC2)cc1. The average molecular weight is 306 g/mol. The number of carbonyl (C=O) groups is 2. The van der Waals surface area contributed by atoms with E-state index >= 15 is 0 Å². The van der Waals surface area contributed by atoms with Gasteiger partial charge in [0.1, 0.15) is 0 Å². The molecule has 5 nitrogen and oxygen atoms in total. The van der Waals surface area contributed by atoms with Crippen LogP contribution in [0.5, 0.6) is 0 Å². The maximum atomic E-state index is 11.9. The van der Waals surface area contributed by atoms with Crippen molar-refractivity contribution in [1.82, 2.24) is 5.32 Å². The number of rotatable bonds is 3. The van der Waals surface area contributed by atoms with Crippen LogP contribution in [0, 0.1) is 5.92 Å². The van der Waals surface area contributed by atoms with E-state index < -0.39 is 5.97 Å². The summed E-state index contributed by atoms with van der Waals surface area (Å²) in [6, 6.07) is 6.69. The van der Waals surface area contributed by atoms with Gasteiger partial charge in [-0.05, 0) is 49.3 Å². The number of carbonyl (C=O) groups excluding carboxylic acids is 2. The van der Waals surface area contributed by atoms with Crippen LogP contribution < -0.4 is 10.6 Å². The maximum Gasteiger partial charge on any atom is 0.337 e. The van der Waals surface area contributed by atoms with Gasteiger partial charge in [-0.25, -0.2) is 4.79 Å². The predicted octanol–water partition coefficient (Wildman–Crippen LogP) is 2.48. The molecule has 0 radical (unpaired) electrons. The van der Waals surface area contributed by atoms with Gasteiger partial charge in [0, 0.05) is 11.6 Å². The normalized spacial score (nSPS) is 14.5. The van der Waals surface area contributed by atoms with E-state index in [4.69, 9.17) is 12.2 Å². The number of methoxy groups -OCH3 is 1. The molecule has 1 aliphatic rings. The Morgan fingerprint density at radius 3 is 2.38 bits per heavy atom. The minimum Gasteiger partial charge on any atom is -0.465 e. The lowest BCUT2D eigenvalue weighted by atomic mass is 10.1. The summed E-state index contributed by atoms with van der Waals surface area (Å²) in [5.74, 6) is -0.332. The third kappa shape index (κ3) is 4.26. The Labute approximate surface area is 129 Å². The minimum atomic E-state index is -0.390. The number of amides is 1. The Balaban J connectivity index is 1.87. The first-order valence-electron chi connectivity index (χ1n) is 6.90. The second-order valence-corrected chi connectivity index (χ2v) is 5.40. The zero-order chi connectivity index (χ0) is 15.2. The second kappa shape index (κ2) is 7.17. The van der Waals surface area contributed by atoms with E-state index in [1.165, 1.54) is 7.11 Å². The topological polar surface area (TPSA) is 67.4 Å². The van der Waals surface area contributed by atoms with Gasteiger partial charge in [0.15, 0.2) is 5.11 Å². The molecular weight excluding hydrogens is 288 g/mol. The highest BCUT2D eigenvalue weighted by Crippen LogP contribution is 2.24. The summed E-state index contributed by atoms with van der Waals surface area (Å²) in [6.45, 7) is 0. The highest BCUT2D eigenvalue weighted by atomic mass is 32.1. The fraction of sp³-hybridized carbons (Fsp3) is 0.400. The average Bonchev–Trinajstić information content (AvgIpc) is 3.01. The van der Waals surface area contributed by atoms with Gasteiger partial charge in [0.05, 0.1) is 12.7 Å². The van der Waals surface area contributed by atoms with Crippen molar-refractivity contribution < 1.29 is 14.3 Å². The fourth-order valence-corrected chi connectivity index (χ4v) is 2.59. The van der Waals surface area contributed by atoms with Gasteiger partial charge in [0.2, 0.25) is 5.91 Å². The van der Waals surface area contributed by atoms with E-state index in [9.17, 15) is 9.59 Å². The second-order valence-electron chi connectivity index (χ2n) is 4.99. The van der Waals surface area contributed by atoms with Crippen LogP contribution in [0.4, 0.5) is 5.69 Å². The lowest BCUT2D eigenvalue weighted by Gasteiger charge is -2.13. The number of thiocarbonyl (C=S) groups is 1. The Hall–Kier alpha value is -1.95. The van der Waals surface area contributed by atoms with Crippen molar-refractivity contribution in [3.63, 3.8) is 0 Å². The van der Waals surface area contributed by atoms with Gasteiger partial charge in [-0.3, -0.25) is 4.79 Å². The molecule has 0 saturated heterocycles. The van der Waals surface area contributed by atoms with Gasteiger partial charge >= 0.3 is 5.97 Å². The molecule has 1 aromatic carbocycles. The van der Waals surface area contributed by atoms with Crippen LogP contribution in [0.15, 0.2) is 24.3 Å². The standard InChI is InChI=1S/C15H18N2O3S/c1-20-14(19)11-6-8-12(9-7-11)16-15(21)17-13(18)10-4-2-3-5-10/h6-10H,2-5H2,1H3,(H2,16,17,18,21). The smallest absolute Gasteiger partial charge is 0.337 e. The van der Waals surface area contributed by atoms with Crippen molar-refractivity contribution in [3.05, 3.63) is 29.8 Å². The summed E-state index contributed by atoms with van der Waals surface area (Å²) in [7, 11) is 1.34. The van der Waals surface area contributed by atoms with E-state index in [0.717, 1.165) is 25.7 Å². The number of anilines is 1. The van der Waals surface area contributed by atoms with Crippen molar-refractivity contribution in [3.8, 4) is 0 Å². The summed E-state index contributed by atoms with van der Waals surface area (Å²) < 4.78 is 4.62. The lowest BCUT2D eigenvalue weighted by molar-refractivity contribution is -0.123. The van der Waals surface area contributed by atoms with Crippen LogP contribution in [-0.4, -0.2) is 24.1 Å². The number of nitrogens with one attached hydrogen (secondary N) is 2. The molecule has 0 heterocycles. The Morgan fingerprint density at radius 2 is 1.81 bits per heavy atom. The maximum absolute atomic E-state index is 11.9. The van der Waals surface area contributed by atoms with Crippen LogP contribution in [-0.2, 0) is 9.53 Å². The number of hydrogen-bond acceptors (Lipinski definition) is 4. The van der Waals surface area contributed by atoms with Crippen LogP contribution in [0.1, 0.15) is 36.0 Å². The molecule has 0 bridgehead atoms. The number of hydrogen-bond donors (Lipinski definition) is 2. The first-order valence-corrected chi connectivity index (χ1v) is 7.31. The molecule has 6 heteroatoms. The minimum absolute atomic E-state index is 0.0174. The number of benzene rings is 1. The molecule has 1 saturated carbocycles. The lowest BCUT2D eigenvalue weighted by Crippen LogP contribution is -2.37. The van der Waals surface area contributed by atoms with Crippen molar-refractivity contribution in [1.29, 1.82) is 0 Å².